The molecule has 4 nitrogen and oxygen atoms in total. The second-order valence-electron chi connectivity index (χ2n) is 2.74. The summed E-state index contributed by atoms with van der Waals surface area (Å²) in [6, 6.07) is -1.29. The lowest BCUT2D eigenvalue weighted by Crippen LogP contribution is -2.48. The minimum Gasteiger partial charge on any atom is -0.467 e. The Morgan fingerprint density at radius 1 is 1.35 bits per heavy atom. The lowest BCUT2D eigenvalue weighted by atomic mass is 10.3. The third-order valence-electron chi connectivity index (χ3n) is 1.48. The molecule has 0 aliphatic heterocycles. The van der Waals surface area contributed by atoms with E-state index in [0.29, 0.717) is 0 Å². The molecule has 0 fully saturated rings. The van der Waals surface area contributed by atoms with E-state index in [2.05, 4.69) is 4.74 Å². The first-order valence-electron chi connectivity index (χ1n) is 4.52. The Bertz CT molecular complexity index is 273. The number of amides is 1. The van der Waals surface area contributed by atoms with E-state index in [-0.39, 0.29) is 5.75 Å². The molecular weight excluding hydrogens is 279 g/mol. The van der Waals surface area contributed by atoms with E-state index >= 15 is 0 Å². The molecule has 100 valence electrons. The summed E-state index contributed by atoms with van der Waals surface area (Å²) in [4.78, 5) is 21.8. The third-order valence-corrected chi connectivity index (χ3v) is 3.97. The van der Waals surface area contributed by atoms with E-state index in [4.69, 9.17) is 0 Å². The average Bonchev–Trinajstić information content (AvgIpc) is 2.25. The van der Waals surface area contributed by atoms with Gasteiger partial charge in [-0.05, 0) is 0 Å². The topological polar surface area (TPSA) is 55.4 Å². The summed E-state index contributed by atoms with van der Waals surface area (Å²) in [5.74, 6) is -2.28. The number of carbonyl (C=O) groups excluding carboxylic acids is 2. The zero-order chi connectivity index (χ0) is 13.5. The molecule has 1 atom stereocenters. The predicted octanol–water partition coefficient (Wildman–Crippen LogP) is 1.61. The molecule has 0 aromatic rings. The van der Waals surface area contributed by atoms with Gasteiger partial charge in [0, 0.05) is 11.5 Å². The normalized spacial score (nSPS) is 13.0. The molecule has 0 heterocycles. The standard InChI is InChI=1S/C8H12F3NO3S2/c1-3-16-17-4-5(6(13)15-2)12-7(14)8(9,10)11/h5H,3-4H2,1-2H3,(H,12,14). The number of methoxy groups -OCH3 is 1. The highest BCUT2D eigenvalue weighted by atomic mass is 33.1. The molecule has 0 aliphatic rings. The van der Waals surface area contributed by atoms with E-state index in [0.717, 1.165) is 12.9 Å². The van der Waals surface area contributed by atoms with Gasteiger partial charge in [0.15, 0.2) is 0 Å². The zero-order valence-corrected chi connectivity index (χ0v) is 10.8. The molecule has 1 unspecified atom stereocenters. The van der Waals surface area contributed by atoms with Crippen molar-refractivity contribution in [3.8, 4) is 0 Å². The number of carbonyl (C=O) groups is 2. The maximum Gasteiger partial charge on any atom is 0.471 e. The van der Waals surface area contributed by atoms with Gasteiger partial charge < -0.3 is 10.1 Å². The SMILES string of the molecule is CCSSCC(NC(=O)C(F)(F)F)C(=O)OC. The molecular formula is C8H12F3NO3S2. The fourth-order valence-electron chi connectivity index (χ4n) is 0.750. The van der Waals surface area contributed by atoms with Crippen LogP contribution in [0.2, 0.25) is 0 Å². The Balaban J connectivity index is 4.39. The Labute approximate surface area is 104 Å². The van der Waals surface area contributed by atoms with Crippen LogP contribution in [0, 0.1) is 0 Å². The molecule has 9 heteroatoms. The molecule has 1 amide bonds. The first-order valence-corrected chi connectivity index (χ1v) is 7.01. The van der Waals surface area contributed by atoms with Crippen molar-refractivity contribution in [3.63, 3.8) is 0 Å². The van der Waals surface area contributed by atoms with Crippen LogP contribution in [0.3, 0.4) is 0 Å². The molecule has 0 radical (unpaired) electrons. The van der Waals surface area contributed by atoms with Gasteiger partial charge in [-0.1, -0.05) is 28.5 Å². The van der Waals surface area contributed by atoms with Crippen molar-refractivity contribution in [2.75, 3.05) is 18.6 Å². The second kappa shape index (κ2) is 7.70. The fourth-order valence-corrected chi connectivity index (χ4v) is 2.57. The third kappa shape index (κ3) is 6.67. The van der Waals surface area contributed by atoms with E-state index in [1.807, 2.05) is 6.92 Å². The van der Waals surface area contributed by atoms with Crippen LogP contribution in [-0.2, 0) is 14.3 Å². The van der Waals surface area contributed by atoms with Crippen LogP contribution < -0.4 is 5.32 Å². The van der Waals surface area contributed by atoms with Crippen molar-refractivity contribution in [2.24, 2.45) is 0 Å². The first-order chi connectivity index (χ1) is 7.82. The summed E-state index contributed by atoms with van der Waals surface area (Å²) >= 11 is 0. The Morgan fingerprint density at radius 3 is 2.35 bits per heavy atom. The van der Waals surface area contributed by atoms with E-state index in [1.165, 1.54) is 21.6 Å². The highest BCUT2D eigenvalue weighted by Crippen LogP contribution is 2.22. The molecule has 0 saturated carbocycles. The minimum absolute atomic E-state index is 0.0208. The number of hydrogen-bond acceptors (Lipinski definition) is 5. The van der Waals surface area contributed by atoms with Crippen LogP contribution in [0.4, 0.5) is 13.2 Å². The molecule has 0 saturated heterocycles. The smallest absolute Gasteiger partial charge is 0.467 e. The quantitative estimate of drug-likeness (QED) is 0.458. The minimum atomic E-state index is -5.01. The first kappa shape index (κ1) is 16.4. The highest BCUT2D eigenvalue weighted by molar-refractivity contribution is 8.76. The summed E-state index contributed by atoms with van der Waals surface area (Å²) in [5, 5.41) is 1.59. The van der Waals surface area contributed by atoms with Gasteiger partial charge in [0.1, 0.15) is 6.04 Å². The molecule has 0 bridgehead atoms. The Kier molecular flexibility index (Phi) is 7.44. The fraction of sp³-hybridized carbons (Fsp3) is 0.750. The lowest BCUT2D eigenvalue weighted by molar-refractivity contribution is -0.175. The van der Waals surface area contributed by atoms with Crippen LogP contribution in [0.25, 0.3) is 0 Å². The summed E-state index contributed by atoms with van der Waals surface area (Å²) in [6.07, 6.45) is -5.01. The largest absolute Gasteiger partial charge is 0.471 e. The van der Waals surface area contributed by atoms with Gasteiger partial charge in [0.2, 0.25) is 0 Å². The van der Waals surface area contributed by atoms with Crippen LogP contribution >= 0.6 is 21.6 Å². The van der Waals surface area contributed by atoms with Crippen LogP contribution in [0.5, 0.6) is 0 Å². The summed E-state index contributed by atoms with van der Waals surface area (Å²) in [6.45, 7) is 1.86. The summed E-state index contributed by atoms with van der Waals surface area (Å²) < 4.78 is 40.3. The number of esters is 1. The molecule has 0 aromatic heterocycles. The number of halogens is 3. The lowest BCUT2D eigenvalue weighted by Gasteiger charge is -2.16. The highest BCUT2D eigenvalue weighted by Gasteiger charge is 2.40. The molecule has 0 aromatic carbocycles. The van der Waals surface area contributed by atoms with Crippen molar-refractivity contribution in [1.29, 1.82) is 0 Å². The summed E-state index contributed by atoms with van der Waals surface area (Å²) in [5.41, 5.74) is 0. The van der Waals surface area contributed by atoms with Gasteiger partial charge in [0.05, 0.1) is 7.11 Å². The van der Waals surface area contributed by atoms with Gasteiger partial charge in [-0.3, -0.25) is 4.79 Å². The maximum absolute atomic E-state index is 12.0. The van der Waals surface area contributed by atoms with Crippen molar-refractivity contribution >= 4 is 33.5 Å². The number of alkyl halides is 3. The molecule has 0 rings (SSSR count). The van der Waals surface area contributed by atoms with Crippen molar-refractivity contribution < 1.29 is 27.5 Å². The van der Waals surface area contributed by atoms with Gasteiger partial charge in [-0.15, -0.1) is 0 Å². The van der Waals surface area contributed by atoms with Crippen LogP contribution in [-0.4, -0.2) is 42.7 Å². The van der Waals surface area contributed by atoms with Gasteiger partial charge in [-0.25, -0.2) is 4.79 Å². The van der Waals surface area contributed by atoms with E-state index < -0.39 is 24.1 Å². The van der Waals surface area contributed by atoms with Crippen molar-refractivity contribution in [2.45, 2.75) is 19.1 Å². The maximum atomic E-state index is 12.0. The predicted molar refractivity (Wildman–Crippen MR) is 60.6 cm³/mol. The van der Waals surface area contributed by atoms with E-state index in [9.17, 15) is 22.8 Å². The molecule has 0 spiro atoms. The Hall–Kier alpha value is -0.570. The average molecular weight is 291 g/mol. The van der Waals surface area contributed by atoms with E-state index in [1.54, 1.807) is 5.32 Å². The number of rotatable bonds is 6. The molecule has 17 heavy (non-hydrogen) atoms. The van der Waals surface area contributed by atoms with Crippen molar-refractivity contribution in [1.82, 2.24) is 5.32 Å². The summed E-state index contributed by atoms with van der Waals surface area (Å²) in [7, 11) is 3.62. The number of nitrogens with one attached hydrogen (secondary N) is 1. The molecule has 1 N–H and O–H groups in total. The van der Waals surface area contributed by atoms with Gasteiger partial charge >= 0.3 is 18.1 Å². The Morgan fingerprint density at radius 2 is 1.94 bits per heavy atom. The van der Waals surface area contributed by atoms with Gasteiger partial charge in [-0.2, -0.15) is 13.2 Å². The number of hydrogen-bond donors (Lipinski definition) is 1. The van der Waals surface area contributed by atoms with Crippen molar-refractivity contribution in [3.05, 3.63) is 0 Å². The van der Waals surface area contributed by atoms with Crippen LogP contribution in [0.15, 0.2) is 0 Å². The monoisotopic (exact) mass is 291 g/mol. The van der Waals surface area contributed by atoms with Gasteiger partial charge in [0.25, 0.3) is 0 Å². The second-order valence-corrected chi connectivity index (χ2v) is 5.53. The zero-order valence-electron chi connectivity index (χ0n) is 9.17. The molecule has 0 aliphatic carbocycles. The number of ether oxygens (including phenoxy) is 1. The van der Waals surface area contributed by atoms with Crippen LogP contribution in [0.1, 0.15) is 6.92 Å².